The summed E-state index contributed by atoms with van der Waals surface area (Å²) in [6, 6.07) is 0.654. The highest BCUT2D eigenvalue weighted by atomic mass is 15.1. The third kappa shape index (κ3) is 8.62. The van der Waals surface area contributed by atoms with E-state index >= 15 is 0 Å². The summed E-state index contributed by atoms with van der Waals surface area (Å²) in [6.07, 6.45) is 3.99. The smallest absolute Gasteiger partial charge is 0.0102 e. The van der Waals surface area contributed by atoms with Crippen LogP contribution in [0.2, 0.25) is 0 Å². The molecule has 2 nitrogen and oxygen atoms in total. The molecule has 1 N–H and O–H groups in total. The van der Waals surface area contributed by atoms with Crippen molar-refractivity contribution in [1.29, 1.82) is 0 Å². The SMILES string of the molecule is CCCCCN(C)C(C)C(C)CNC(C)(C)C. The number of hydrogen-bond acceptors (Lipinski definition) is 2. The van der Waals surface area contributed by atoms with E-state index < -0.39 is 0 Å². The lowest BCUT2D eigenvalue weighted by Gasteiger charge is -2.32. The van der Waals surface area contributed by atoms with Gasteiger partial charge in [0.05, 0.1) is 0 Å². The van der Waals surface area contributed by atoms with Gasteiger partial charge in [-0.15, -0.1) is 0 Å². The van der Waals surface area contributed by atoms with Gasteiger partial charge in [0.1, 0.15) is 0 Å². The van der Waals surface area contributed by atoms with Crippen LogP contribution in [0.3, 0.4) is 0 Å². The van der Waals surface area contributed by atoms with Gasteiger partial charge >= 0.3 is 0 Å². The first kappa shape index (κ1) is 16.9. The van der Waals surface area contributed by atoms with E-state index in [0.29, 0.717) is 12.0 Å². The molecule has 0 fully saturated rings. The van der Waals surface area contributed by atoms with Crippen molar-refractivity contribution in [2.75, 3.05) is 20.1 Å². The first-order valence-electron chi connectivity index (χ1n) is 7.23. The second-order valence-corrected chi connectivity index (χ2v) is 6.54. The summed E-state index contributed by atoms with van der Waals surface area (Å²) in [5, 5.41) is 3.60. The van der Waals surface area contributed by atoms with Gasteiger partial charge in [0, 0.05) is 11.6 Å². The van der Waals surface area contributed by atoms with Crippen LogP contribution in [0.4, 0.5) is 0 Å². The van der Waals surface area contributed by atoms with Gasteiger partial charge in [-0.25, -0.2) is 0 Å². The maximum atomic E-state index is 3.60. The summed E-state index contributed by atoms with van der Waals surface area (Å²) < 4.78 is 0. The number of hydrogen-bond donors (Lipinski definition) is 1. The molecule has 0 amide bonds. The van der Waals surface area contributed by atoms with Gasteiger partial charge in [0.25, 0.3) is 0 Å². The Hall–Kier alpha value is -0.0800. The van der Waals surface area contributed by atoms with E-state index in [2.05, 4.69) is 58.8 Å². The summed E-state index contributed by atoms with van der Waals surface area (Å²) in [5.41, 5.74) is 0.231. The summed E-state index contributed by atoms with van der Waals surface area (Å²) in [4.78, 5) is 2.50. The van der Waals surface area contributed by atoms with E-state index in [4.69, 9.17) is 0 Å². The standard InChI is InChI=1S/C15H34N2/c1-8-9-10-11-17(7)14(3)13(2)12-16-15(4,5)6/h13-14,16H,8-12H2,1-7H3. The molecular weight excluding hydrogens is 208 g/mol. The van der Waals surface area contributed by atoms with Gasteiger partial charge in [-0.1, -0.05) is 26.7 Å². The Labute approximate surface area is 109 Å². The van der Waals surface area contributed by atoms with Gasteiger partial charge in [-0.2, -0.15) is 0 Å². The van der Waals surface area contributed by atoms with Crippen LogP contribution in [-0.4, -0.2) is 36.6 Å². The molecule has 0 heterocycles. The van der Waals surface area contributed by atoms with Crippen LogP contribution in [0.15, 0.2) is 0 Å². The average Bonchev–Trinajstić information content (AvgIpc) is 2.24. The zero-order valence-corrected chi connectivity index (χ0v) is 13.1. The Balaban J connectivity index is 3.89. The molecule has 2 atom stereocenters. The molecular formula is C15H34N2. The largest absolute Gasteiger partial charge is 0.312 e. The molecule has 0 saturated heterocycles. The summed E-state index contributed by atoms with van der Waals surface area (Å²) in [6.45, 7) is 16.0. The highest BCUT2D eigenvalue weighted by Gasteiger charge is 2.18. The number of nitrogens with one attached hydrogen (secondary N) is 1. The minimum Gasteiger partial charge on any atom is -0.312 e. The second-order valence-electron chi connectivity index (χ2n) is 6.54. The van der Waals surface area contributed by atoms with Crippen molar-refractivity contribution in [1.82, 2.24) is 10.2 Å². The lowest BCUT2D eigenvalue weighted by Crippen LogP contribution is -2.44. The number of nitrogens with zero attached hydrogens (tertiary/aromatic N) is 1. The van der Waals surface area contributed by atoms with Crippen molar-refractivity contribution in [2.45, 2.75) is 72.4 Å². The van der Waals surface area contributed by atoms with E-state index in [1.807, 2.05) is 0 Å². The number of rotatable bonds is 8. The maximum absolute atomic E-state index is 3.60. The minimum absolute atomic E-state index is 0.231. The maximum Gasteiger partial charge on any atom is 0.0102 e. The molecule has 17 heavy (non-hydrogen) atoms. The highest BCUT2D eigenvalue weighted by molar-refractivity contribution is 4.77. The average molecular weight is 242 g/mol. The fourth-order valence-electron chi connectivity index (χ4n) is 1.89. The van der Waals surface area contributed by atoms with Gasteiger partial charge < -0.3 is 10.2 Å². The van der Waals surface area contributed by atoms with Crippen LogP contribution < -0.4 is 5.32 Å². The fraction of sp³-hybridized carbons (Fsp3) is 1.00. The molecule has 104 valence electrons. The van der Waals surface area contributed by atoms with Gasteiger partial charge in [-0.3, -0.25) is 0 Å². The highest BCUT2D eigenvalue weighted by Crippen LogP contribution is 2.11. The molecule has 0 rings (SSSR count). The summed E-state index contributed by atoms with van der Waals surface area (Å²) in [5.74, 6) is 0.695. The van der Waals surface area contributed by atoms with Crippen LogP contribution >= 0.6 is 0 Å². The first-order valence-corrected chi connectivity index (χ1v) is 7.23. The molecule has 0 aliphatic rings. The normalized spacial score (nSPS) is 16.2. The molecule has 0 spiro atoms. The molecule has 0 radical (unpaired) electrons. The lowest BCUT2D eigenvalue weighted by molar-refractivity contribution is 0.186. The molecule has 0 aromatic rings. The molecule has 2 unspecified atom stereocenters. The van der Waals surface area contributed by atoms with Gasteiger partial charge in [0.2, 0.25) is 0 Å². The summed E-state index contributed by atoms with van der Waals surface area (Å²) in [7, 11) is 2.26. The third-order valence-corrected chi connectivity index (χ3v) is 3.59. The zero-order valence-electron chi connectivity index (χ0n) is 13.1. The molecule has 0 aliphatic carbocycles. The van der Waals surface area contributed by atoms with Crippen LogP contribution in [0.5, 0.6) is 0 Å². The minimum atomic E-state index is 0.231. The van der Waals surface area contributed by atoms with E-state index in [9.17, 15) is 0 Å². The van der Waals surface area contributed by atoms with Crippen LogP contribution in [0.25, 0.3) is 0 Å². The summed E-state index contributed by atoms with van der Waals surface area (Å²) >= 11 is 0. The lowest BCUT2D eigenvalue weighted by atomic mass is 10.00. The molecule has 0 aliphatic heterocycles. The van der Waals surface area contributed by atoms with Gasteiger partial charge in [0.15, 0.2) is 0 Å². The third-order valence-electron chi connectivity index (χ3n) is 3.59. The van der Waals surface area contributed by atoms with E-state index in [1.54, 1.807) is 0 Å². The predicted octanol–water partition coefficient (Wildman–Crippen LogP) is 3.52. The zero-order chi connectivity index (χ0) is 13.5. The molecule has 2 heteroatoms. The second kappa shape index (κ2) is 8.10. The fourth-order valence-corrected chi connectivity index (χ4v) is 1.89. The van der Waals surface area contributed by atoms with Crippen LogP contribution in [-0.2, 0) is 0 Å². The van der Waals surface area contributed by atoms with Crippen molar-refractivity contribution >= 4 is 0 Å². The first-order chi connectivity index (χ1) is 7.78. The van der Waals surface area contributed by atoms with Crippen molar-refractivity contribution in [3.8, 4) is 0 Å². The Morgan fingerprint density at radius 1 is 1.12 bits per heavy atom. The van der Waals surface area contributed by atoms with Gasteiger partial charge in [-0.05, 0) is 60.2 Å². The topological polar surface area (TPSA) is 15.3 Å². The monoisotopic (exact) mass is 242 g/mol. The molecule has 0 aromatic carbocycles. The predicted molar refractivity (Wildman–Crippen MR) is 78.5 cm³/mol. The Morgan fingerprint density at radius 2 is 1.71 bits per heavy atom. The van der Waals surface area contributed by atoms with E-state index in [-0.39, 0.29) is 5.54 Å². The van der Waals surface area contributed by atoms with E-state index in [1.165, 1.54) is 25.8 Å². The quantitative estimate of drug-likeness (QED) is 0.655. The number of unbranched alkanes of at least 4 members (excludes halogenated alkanes) is 2. The Kier molecular flexibility index (Phi) is 8.06. The van der Waals surface area contributed by atoms with Crippen molar-refractivity contribution < 1.29 is 0 Å². The molecule has 0 aromatic heterocycles. The Bertz CT molecular complexity index is 184. The van der Waals surface area contributed by atoms with Crippen molar-refractivity contribution in [2.24, 2.45) is 5.92 Å². The van der Waals surface area contributed by atoms with Crippen LogP contribution in [0.1, 0.15) is 60.8 Å². The Morgan fingerprint density at radius 3 is 2.18 bits per heavy atom. The molecule has 0 saturated carbocycles. The molecule has 0 bridgehead atoms. The van der Waals surface area contributed by atoms with Crippen LogP contribution in [0, 0.1) is 5.92 Å². The van der Waals surface area contributed by atoms with Crippen molar-refractivity contribution in [3.63, 3.8) is 0 Å². The van der Waals surface area contributed by atoms with Crippen molar-refractivity contribution in [3.05, 3.63) is 0 Å². The van der Waals surface area contributed by atoms with E-state index in [0.717, 1.165) is 6.54 Å².